The molecule has 3 unspecified atom stereocenters. The number of aryl methyl sites for hydroxylation is 1. The normalized spacial score (nSPS) is 30.1. The van der Waals surface area contributed by atoms with E-state index in [0.717, 1.165) is 25.7 Å². The van der Waals surface area contributed by atoms with Gasteiger partial charge < -0.3 is 11.1 Å². The molecule has 4 heteroatoms. The van der Waals surface area contributed by atoms with Gasteiger partial charge in [0.15, 0.2) is 0 Å². The summed E-state index contributed by atoms with van der Waals surface area (Å²) in [6.45, 7) is 0.645. The number of carbonyl (C=O) groups excluding carboxylic acids is 1. The third kappa shape index (κ3) is 2.56. The van der Waals surface area contributed by atoms with Crippen molar-refractivity contribution in [2.75, 3.05) is 6.54 Å². The molecule has 1 amide bonds. The molecular weight excluding hydrogens is 256 g/mol. The van der Waals surface area contributed by atoms with E-state index in [0.29, 0.717) is 12.5 Å². The molecule has 0 saturated heterocycles. The fourth-order valence-corrected chi connectivity index (χ4v) is 4.57. The Hall–Kier alpha value is -0.870. The molecule has 104 valence electrons. The molecule has 1 heterocycles. The maximum absolute atomic E-state index is 12.5. The molecule has 0 spiro atoms. The monoisotopic (exact) mass is 278 g/mol. The molecule has 3 atom stereocenters. The highest BCUT2D eigenvalue weighted by molar-refractivity contribution is 7.10. The van der Waals surface area contributed by atoms with Gasteiger partial charge in [0.2, 0.25) is 5.91 Å². The average molecular weight is 278 g/mol. The number of amides is 1. The Morgan fingerprint density at radius 3 is 3.11 bits per heavy atom. The standard InChI is InChI=1S/C15H22N2OS/c16-9-10-3-1-4-11(10)15(18)17-13-5-2-6-14-12(13)7-8-19-14/h7-8,10-11,13H,1-6,9,16H2,(H,17,18). The molecule has 2 aliphatic rings. The van der Waals surface area contributed by atoms with Crippen LogP contribution in [-0.2, 0) is 11.2 Å². The lowest BCUT2D eigenvalue weighted by molar-refractivity contribution is -0.126. The molecule has 1 aromatic rings. The zero-order chi connectivity index (χ0) is 13.2. The van der Waals surface area contributed by atoms with Crippen molar-refractivity contribution in [2.24, 2.45) is 17.6 Å². The molecule has 0 bridgehead atoms. The minimum absolute atomic E-state index is 0.147. The lowest BCUT2D eigenvalue weighted by atomic mass is 9.91. The first-order chi connectivity index (χ1) is 9.29. The summed E-state index contributed by atoms with van der Waals surface area (Å²) in [7, 11) is 0. The third-order valence-electron chi connectivity index (χ3n) is 4.67. The largest absolute Gasteiger partial charge is 0.349 e. The van der Waals surface area contributed by atoms with Gasteiger partial charge in [0, 0.05) is 10.8 Å². The number of hydrogen-bond acceptors (Lipinski definition) is 3. The molecular formula is C15H22N2OS. The van der Waals surface area contributed by atoms with Gasteiger partial charge in [-0.2, -0.15) is 0 Å². The van der Waals surface area contributed by atoms with E-state index in [-0.39, 0.29) is 17.9 Å². The second-order valence-electron chi connectivity index (χ2n) is 5.79. The maximum atomic E-state index is 12.5. The number of fused-ring (bicyclic) bond motifs is 1. The Balaban J connectivity index is 1.68. The summed E-state index contributed by atoms with van der Waals surface area (Å²) in [5.74, 6) is 0.775. The lowest BCUT2D eigenvalue weighted by Crippen LogP contribution is -2.38. The van der Waals surface area contributed by atoms with Crippen LogP contribution in [0.4, 0.5) is 0 Å². The van der Waals surface area contributed by atoms with Gasteiger partial charge in [0.25, 0.3) is 0 Å². The summed E-state index contributed by atoms with van der Waals surface area (Å²) in [6, 6.07) is 2.42. The van der Waals surface area contributed by atoms with Gasteiger partial charge in [0.05, 0.1) is 6.04 Å². The zero-order valence-electron chi connectivity index (χ0n) is 11.2. The van der Waals surface area contributed by atoms with Gasteiger partial charge in [-0.3, -0.25) is 4.79 Å². The van der Waals surface area contributed by atoms with Crippen LogP contribution in [-0.4, -0.2) is 12.5 Å². The predicted octanol–water partition coefficient (Wildman–Crippen LogP) is 2.62. The number of rotatable bonds is 3. The van der Waals surface area contributed by atoms with Crippen LogP contribution in [0.15, 0.2) is 11.4 Å². The Morgan fingerprint density at radius 2 is 2.26 bits per heavy atom. The molecule has 1 saturated carbocycles. The van der Waals surface area contributed by atoms with Crippen molar-refractivity contribution in [1.82, 2.24) is 5.32 Å². The second-order valence-corrected chi connectivity index (χ2v) is 6.79. The highest BCUT2D eigenvalue weighted by Gasteiger charge is 2.33. The second kappa shape index (κ2) is 5.63. The van der Waals surface area contributed by atoms with Crippen LogP contribution < -0.4 is 11.1 Å². The Morgan fingerprint density at radius 1 is 1.37 bits per heavy atom. The van der Waals surface area contributed by atoms with Crippen molar-refractivity contribution in [3.8, 4) is 0 Å². The fraction of sp³-hybridized carbons (Fsp3) is 0.667. The number of hydrogen-bond donors (Lipinski definition) is 2. The fourth-order valence-electron chi connectivity index (χ4n) is 3.58. The first-order valence-corrected chi connectivity index (χ1v) is 8.24. The van der Waals surface area contributed by atoms with Crippen LogP contribution in [0.1, 0.15) is 48.6 Å². The number of carbonyl (C=O) groups is 1. The van der Waals surface area contributed by atoms with Crippen molar-refractivity contribution >= 4 is 17.2 Å². The van der Waals surface area contributed by atoms with Crippen molar-refractivity contribution < 1.29 is 4.79 Å². The van der Waals surface area contributed by atoms with Crippen molar-refractivity contribution in [2.45, 2.75) is 44.6 Å². The summed E-state index contributed by atoms with van der Waals surface area (Å²) in [5, 5.41) is 5.43. The van der Waals surface area contributed by atoms with Gasteiger partial charge in [-0.15, -0.1) is 11.3 Å². The maximum Gasteiger partial charge on any atom is 0.223 e. The summed E-state index contributed by atoms with van der Waals surface area (Å²) in [6.07, 6.45) is 6.71. The van der Waals surface area contributed by atoms with Gasteiger partial charge in [-0.05, 0) is 61.6 Å². The van der Waals surface area contributed by atoms with Gasteiger partial charge in [-0.25, -0.2) is 0 Å². The molecule has 0 radical (unpaired) electrons. The Bertz CT molecular complexity index is 457. The Kier molecular flexibility index (Phi) is 3.89. The quantitative estimate of drug-likeness (QED) is 0.893. The molecule has 0 aliphatic heterocycles. The minimum atomic E-state index is 0.147. The molecule has 3 N–H and O–H groups in total. The molecule has 1 fully saturated rings. The van der Waals surface area contributed by atoms with E-state index in [1.807, 2.05) is 11.3 Å². The van der Waals surface area contributed by atoms with Crippen molar-refractivity contribution in [3.63, 3.8) is 0 Å². The average Bonchev–Trinajstić information content (AvgIpc) is 3.07. The van der Waals surface area contributed by atoms with Gasteiger partial charge in [0.1, 0.15) is 0 Å². The van der Waals surface area contributed by atoms with Crippen LogP contribution in [0.3, 0.4) is 0 Å². The smallest absolute Gasteiger partial charge is 0.223 e. The molecule has 0 aromatic carbocycles. The molecule has 2 aliphatic carbocycles. The molecule has 19 heavy (non-hydrogen) atoms. The number of nitrogens with two attached hydrogens (primary N) is 1. The SMILES string of the molecule is NCC1CCCC1C(=O)NC1CCCc2sccc21. The first kappa shape index (κ1) is 13.1. The van der Waals surface area contributed by atoms with Crippen LogP contribution in [0.5, 0.6) is 0 Å². The summed E-state index contributed by atoms with van der Waals surface area (Å²) < 4.78 is 0. The van der Waals surface area contributed by atoms with Gasteiger partial charge >= 0.3 is 0 Å². The first-order valence-electron chi connectivity index (χ1n) is 7.36. The van der Waals surface area contributed by atoms with E-state index in [9.17, 15) is 4.79 Å². The van der Waals surface area contributed by atoms with E-state index in [2.05, 4.69) is 16.8 Å². The van der Waals surface area contributed by atoms with Crippen LogP contribution in [0.2, 0.25) is 0 Å². The number of nitrogens with one attached hydrogen (secondary N) is 1. The van der Waals surface area contributed by atoms with Crippen molar-refractivity contribution in [1.29, 1.82) is 0 Å². The Labute approximate surface area is 118 Å². The summed E-state index contributed by atoms with van der Waals surface area (Å²) in [5.41, 5.74) is 7.13. The van der Waals surface area contributed by atoms with E-state index in [4.69, 9.17) is 5.73 Å². The van der Waals surface area contributed by atoms with E-state index >= 15 is 0 Å². The van der Waals surface area contributed by atoms with E-state index in [1.165, 1.54) is 23.3 Å². The van der Waals surface area contributed by atoms with Crippen LogP contribution in [0.25, 0.3) is 0 Å². The minimum Gasteiger partial charge on any atom is -0.349 e. The highest BCUT2D eigenvalue weighted by atomic mass is 32.1. The third-order valence-corrected chi connectivity index (χ3v) is 5.66. The predicted molar refractivity (Wildman–Crippen MR) is 78.0 cm³/mol. The molecule has 3 nitrogen and oxygen atoms in total. The zero-order valence-corrected chi connectivity index (χ0v) is 12.0. The van der Waals surface area contributed by atoms with E-state index < -0.39 is 0 Å². The van der Waals surface area contributed by atoms with E-state index in [1.54, 1.807) is 0 Å². The molecule has 1 aromatic heterocycles. The topological polar surface area (TPSA) is 55.1 Å². The van der Waals surface area contributed by atoms with Crippen LogP contribution in [0, 0.1) is 11.8 Å². The summed E-state index contributed by atoms with van der Waals surface area (Å²) >= 11 is 1.82. The lowest BCUT2D eigenvalue weighted by Gasteiger charge is -2.26. The van der Waals surface area contributed by atoms with Crippen LogP contribution >= 0.6 is 11.3 Å². The number of thiophene rings is 1. The molecule has 3 rings (SSSR count). The summed E-state index contributed by atoms with van der Waals surface area (Å²) in [4.78, 5) is 13.9. The van der Waals surface area contributed by atoms with Crippen molar-refractivity contribution in [3.05, 3.63) is 21.9 Å². The highest BCUT2D eigenvalue weighted by Crippen LogP contribution is 2.35. The van der Waals surface area contributed by atoms with Gasteiger partial charge in [-0.1, -0.05) is 6.42 Å².